The van der Waals surface area contributed by atoms with Gasteiger partial charge in [-0.05, 0) is 24.3 Å². The SMILES string of the molecule is N#Cc1ccc(NCCn2cccc2)nn1. The van der Waals surface area contributed by atoms with Gasteiger partial charge in [-0.25, -0.2) is 0 Å². The lowest BCUT2D eigenvalue weighted by Gasteiger charge is -2.05. The van der Waals surface area contributed by atoms with E-state index in [0.29, 0.717) is 11.5 Å². The molecule has 0 aliphatic carbocycles. The lowest BCUT2D eigenvalue weighted by Crippen LogP contribution is -2.10. The molecule has 0 saturated carbocycles. The molecular weight excluding hydrogens is 202 g/mol. The number of nitriles is 1. The maximum absolute atomic E-state index is 8.55. The van der Waals surface area contributed by atoms with E-state index in [0.717, 1.165) is 13.1 Å². The molecule has 0 aliphatic heterocycles. The molecule has 0 amide bonds. The van der Waals surface area contributed by atoms with Gasteiger partial charge in [-0.15, -0.1) is 10.2 Å². The van der Waals surface area contributed by atoms with Crippen molar-refractivity contribution in [1.29, 1.82) is 5.26 Å². The Morgan fingerprint density at radius 1 is 1.25 bits per heavy atom. The third kappa shape index (κ3) is 2.58. The van der Waals surface area contributed by atoms with Gasteiger partial charge in [-0.2, -0.15) is 5.26 Å². The molecule has 0 fully saturated rings. The molecule has 16 heavy (non-hydrogen) atoms. The smallest absolute Gasteiger partial charge is 0.163 e. The average Bonchev–Trinajstić information content (AvgIpc) is 2.83. The summed E-state index contributed by atoms with van der Waals surface area (Å²) in [4.78, 5) is 0. The largest absolute Gasteiger partial charge is 0.367 e. The minimum atomic E-state index is 0.330. The minimum Gasteiger partial charge on any atom is -0.367 e. The van der Waals surface area contributed by atoms with Crippen molar-refractivity contribution >= 4 is 5.82 Å². The molecule has 2 heterocycles. The van der Waals surface area contributed by atoms with E-state index >= 15 is 0 Å². The summed E-state index contributed by atoms with van der Waals surface area (Å²) in [6.07, 6.45) is 4.01. The molecule has 0 saturated heterocycles. The molecule has 2 aromatic rings. The van der Waals surface area contributed by atoms with Crippen LogP contribution in [0.25, 0.3) is 0 Å². The molecule has 1 N–H and O–H groups in total. The van der Waals surface area contributed by atoms with E-state index in [1.165, 1.54) is 0 Å². The fraction of sp³-hybridized carbons (Fsp3) is 0.182. The van der Waals surface area contributed by atoms with Gasteiger partial charge in [0.1, 0.15) is 11.9 Å². The molecule has 0 spiro atoms. The van der Waals surface area contributed by atoms with Gasteiger partial charge in [0.05, 0.1) is 0 Å². The summed E-state index contributed by atoms with van der Waals surface area (Å²) in [6.45, 7) is 1.64. The van der Waals surface area contributed by atoms with Crippen LogP contribution in [-0.2, 0) is 6.54 Å². The van der Waals surface area contributed by atoms with E-state index in [-0.39, 0.29) is 0 Å². The quantitative estimate of drug-likeness (QED) is 0.830. The van der Waals surface area contributed by atoms with Gasteiger partial charge in [0.25, 0.3) is 0 Å². The predicted molar refractivity (Wildman–Crippen MR) is 59.7 cm³/mol. The third-order valence-electron chi connectivity index (χ3n) is 2.12. The normalized spacial score (nSPS) is 9.69. The maximum Gasteiger partial charge on any atom is 0.163 e. The predicted octanol–water partition coefficient (Wildman–Crippen LogP) is 1.26. The first-order valence-electron chi connectivity index (χ1n) is 4.97. The molecule has 0 atom stereocenters. The Bertz CT molecular complexity index is 466. The number of hydrogen-bond acceptors (Lipinski definition) is 4. The number of nitrogens with zero attached hydrogens (tertiary/aromatic N) is 4. The zero-order chi connectivity index (χ0) is 11.2. The Labute approximate surface area is 93.4 Å². The summed E-state index contributed by atoms with van der Waals surface area (Å²) in [7, 11) is 0. The van der Waals surface area contributed by atoms with Crippen molar-refractivity contribution in [1.82, 2.24) is 14.8 Å². The first kappa shape index (κ1) is 10.2. The fourth-order valence-electron chi connectivity index (χ4n) is 1.32. The number of aromatic nitrogens is 3. The second-order valence-corrected chi connectivity index (χ2v) is 3.26. The van der Waals surface area contributed by atoms with Crippen LogP contribution in [0.2, 0.25) is 0 Å². The molecular formula is C11H11N5. The van der Waals surface area contributed by atoms with Crippen LogP contribution in [0.3, 0.4) is 0 Å². The molecule has 0 radical (unpaired) electrons. The lowest BCUT2D eigenvalue weighted by atomic mass is 10.4. The van der Waals surface area contributed by atoms with Crippen LogP contribution in [0.4, 0.5) is 5.82 Å². The molecule has 0 unspecified atom stereocenters. The summed E-state index contributed by atoms with van der Waals surface area (Å²) in [6, 6.07) is 9.30. The second-order valence-electron chi connectivity index (χ2n) is 3.26. The Morgan fingerprint density at radius 3 is 2.69 bits per heavy atom. The van der Waals surface area contributed by atoms with Gasteiger partial charge in [-0.3, -0.25) is 0 Å². The molecule has 2 aromatic heterocycles. The van der Waals surface area contributed by atoms with E-state index in [2.05, 4.69) is 20.1 Å². The monoisotopic (exact) mass is 213 g/mol. The molecule has 0 aromatic carbocycles. The van der Waals surface area contributed by atoms with Crippen molar-refractivity contribution < 1.29 is 0 Å². The van der Waals surface area contributed by atoms with Gasteiger partial charge in [0.2, 0.25) is 0 Å². The van der Waals surface area contributed by atoms with Crippen molar-refractivity contribution in [2.75, 3.05) is 11.9 Å². The summed E-state index contributed by atoms with van der Waals surface area (Å²) in [5, 5.41) is 19.3. The zero-order valence-electron chi connectivity index (χ0n) is 8.67. The average molecular weight is 213 g/mol. The van der Waals surface area contributed by atoms with E-state index in [4.69, 9.17) is 5.26 Å². The molecule has 2 rings (SSSR count). The van der Waals surface area contributed by atoms with Crippen LogP contribution in [0.1, 0.15) is 5.69 Å². The fourth-order valence-corrected chi connectivity index (χ4v) is 1.32. The van der Waals surface area contributed by atoms with Crippen molar-refractivity contribution in [3.63, 3.8) is 0 Å². The Balaban J connectivity index is 1.83. The van der Waals surface area contributed by atoms with Crippen molar-refractivity contribution in [3.8, 4) is 6.07 Å². The summed E-state index contributed by atoms with van der Waals surface area (Å²) in [5.41, 5.74) is 0.330. The standard InChI is InChI=1S/C11H11N5/c12-9-10-3-4-11(15-14-10)13-5-8-16-6-1-2-7-16/h1-4,6-7H,5,8H2,(H,13,15). The van der Waals surface area contributed by atoms with Gasteiger partial charge >= 0.3 is 0 Å². The summed E-state index contributed by atoms with van der Waals surface area (Å²) < 4.78 is 2.07. The third-order valence-corrected chi connectivity index (χ3v) is 2.12. The Morgan fingerprint density at radius 2 is 2.06 bits per heavy atom. The summed E-state index contributed by atoms with van der Waals surface area (Å²) >= 11 is 0. The molecule has 5 heteroatoms. The first-order valence-corrected chi connectivity index (χ1v) is 4.97. The highest BCUT2D eigenvalue weighted by molar-refractivity contribution is 5.34. The van der Waals surface area contributed by atoms with Crippen LogP contribution in [-0.4, -0.2) is 21.3 Å². The van der Waals surface area contributed by atoms with Crippen LogP contribution in [0, 0.1) is 11.3 Å². The molecule has 0 bridgehead atoms. The van der Waals surface area contributed by atoms with Crippen molar-refractivity contribution in [2.45, 2.75) is 6.54 Å². The highest BCUT2D eigenvalue weighted by Crippen LogP contribution is 2.00. The molecule has 5 nitrogen and oxygen atoms in total. The minimum absolute atomic E-state index is 0.330. The van der Waals surface area contributed by atoms with Crippen LogP contribution < -0.4 is 5.32 Å². The Kier molecular flexibility index (Phi) is 3.14. The van der Waals surface area contributed by atoms with Crippen LogP contribution in [0.15, 0.2) is 36.7 Å². The van der Waals surface area contributed by atoms with Crippen molar-refractivity contribution in [2.24, 2.45) is 0 Å². The van der Waals surface area contributed by atoms with E-state index in [9.17, 15) is 0 Å². The van der Waals surface area contributed by atoms with Gasteiger partial charge in [0.15, 0.2) is 5.69 Å². The van der Waals surface area contributed by atoms with E-state index < -0.39 is 0 Å². The van der Waals surface area contributed by atoms with Crippen LogP contribution in [0.5, 0.6) is 0 Å². The first-order chi connectivity index (χ1) is 7.88. The van der Waals surface area contributed by atoms with Crippen molar-refractivity contribution in [3.05, 3.63) is 42.4 Å². The van der Waals surface area contributed by atoms with Crippen LogP contribution >= 0.6 is 0 Å². The van der Waals surface area contributed by atoms with E-state index in [1.807, 2.05) is 30.6 Å². The topological polar surface area (TPSA) is 66.5 Å². The summed E-state index contributed by atoms with van der Waals surface area (Å²) in [5.74, 6) is 0.686. The maximum atomic E-state index is 8.55. The highest BCUT2D eigenvalue weighted by Gasteiger charge is 1.95. The highest BCUT2D eigenvalue weighted by atomic mass is 15.2. The Hall–Kier alpha value is -2.35. The lowest BCUT2D eigenvalue weighted by molar-refractivity contribution is 0.730. The zero-order valence-corrected chi connectivity index (χ0v) is 8.67. The second kappa shape index (κ2) is 4.94. The van der Waals surface area contributed by atoms with Gasteiger partial charge < -0.3 is 9.88 Å². The molecule has 80 valence electrons. The van der Waals surface area contributed by atoms with E-state index in [1.54, 1.807) is 12.1 Å². The number of rotatable bonds is 4. The molecule has 0 aliphatic rings. The van der Waals surface area contributed by atoms with Gasteiger partial charge in [0, 0.05) is 25.5 Å². The van der Waals surface area contributed by atoms with Gasteiger partial charge in [-0.1, -0.05) is 0 Å². The number of nitrogens with one attached hydrogen (secondary N) is 1. The number of hydrogen-bond donors (Lipinski definition) is 1. The number of anilines is 1.